The average Bonchev–Trinajstić information content (AvgIpc) is 2.86. The number of nitrogens with one attached hydrogen (secondary N) is 3. The van der Waals surface area contributed by atoms with Gasteiger partial charge in [0, 0.05) is 24.5 Å². The summed E-state index contributed by atoms with van der Waals surface area (Å²) in [7, 11) is -3.50. The molecule has 3 N–H and O–H groups in total. The van der Waals surface area contributed by atoms with Crippen LogP contribution in [0.15, 0.2) is 53.4 Å². The summed E-state index contributed by atoms with van der Waals surface area (Å²) < 4.78 is 28.5. The number of fused-ring (bicyclic) bond motifs is 1. The van der Waals surface area contributed by atoms with Crippen molar-refractivity contribution in [2.45, 2.75) is 76.7 Å². The van der Waals surface area contributed by atoms with Crippen molar-refractivity contribution in [2.24, 2.45) is 11.8 Å². The van der Waals surface area contributed by atoms with Crippen molar-refractivity contribution >= 4 is 32.7 Å². The zero-order valence-corrected chi connectivity index (χ0v) is 23.5. The van der Waals surface area contributed by atoms with E-state index in [1.807, 2.05) is 36.4 Å². The monoisotopic (exact) mass is 523 g/mol. The molecular weight excluding hydrogens is 482 g/mol. The first-order valence-electron chi connectivity index (χ1n) is 13.4. The highest BCUT2D eigenvalue weighted by atomic mass is 32.2. The Labute approximate surface area is 221 Å². The Bertz CT molecular complexity index is 1290. The first kappa shape index (κ1) is 27.3. The van der Waals surface area contributed by atoms with Crippen LogP contribution in [0.3, 0.4) is 0 Å². The van der Waals surface area contributed by atoms with Gasteiger partial charge in [-0.15, -0.1) is 0 Å². The molecule has 0 amide bonds. The maximum atomic E-state index is 12.8. The van der Waals surface area contributed by atoms with E-state index in [1.54, 1.807) is 12.1 Å². The molecule has 0 saturated heterocycles. The van der Waals surface area contributed by atoms with Gasteiger partial charge in [-0.2, -0.15) is 4.98 Å². The van der Waals surface area contributed by atoms with E-state index in [1.165, 1.54) is 0 Å². The second kappa shape index (κ2) is 11.4. The molecule has 1 saturated carbocycles. The molecular formula is C29H41N5O2S. The van der Waals surface area contributed by atoms with E-state index in [9.17, 15) is 8.42 Å². The van der Waals surface area contributed by atoms with Gasteiger partial charge in [-0.05, 0) is 86.6 Å². The number of aromatic nitrogens is 2. The maximum absolute atomic E-state index is 12.8. The van der Waals surface area contributed by atoms with Gasteiger partial charge in [-0.25, -0.2) is 18.1 Å². The largest absolute Gasteiger partial charge is 0.367 e. The van der Waals surface area contributed by atoms with Crippen molar-refractivity contribution in [2.75, 3.05) is 23.7 Å². The summed E-state index contributed by atoms with van der Waals surface area (Å²) in [5, 5.41) is 7.91. The van der Waals surface area contributed by atoms with Gasteiger partial charge in [-0.1, -0.05) is 45.0 Å². The minimum atomic E-state index is -3.50. The minimum absolute atomic E-state index is 0.00307. The summed E-state index contributed by atoms with van der Waals surface area (Å²) in [4.78, 5) is 9.78. The van der Waals surface area contributed by atoms with Crippen LogP contribution >= 0.6 is 0 Å². The van der Waals surface area contributed by atoms with Crippen molar-refractivity contribution in [1.82, 2.24) is 14.7 Å². The fourth-order valence-corrected chi connectivity index (χ4v) is 5.98. The predicted octanol–water partition coefficient (Wildman–Crippen LogP) is 5.94. The molecule has 1 aromatic heterocycles. The van der Waals surface area contributed by atoms with Crippen molar-refractivity contribution in [3.63, 3.8) is 0 Å². The molecule has 1 aliphatic rings. The van der Waals surface area contributed by atoms with Gasteiger partial charge in [0.05, 0.1) is 10.4 Å². The van der Waals surface area contributed by atoms with E-state index in [0.717, 1.165) is 54.5 Å². The molecule has 0 spiro atoms. The highest BCUT2D eigenvalue weighted by Gasteiger charge is 2.24. The highest BCUT2D eigenvalue weighted by Crippen LogP contribution is 2.30. The van der Waals surface area contributed by atoms with Crippen LogP contribution in [0.5, 0.6) is 0 Å². The summed E-state index contributed by atoms with van der Waals surface area (Å²) in [6, 6.07) is 15.6. The molecule has 1 fully saturated rings. The standard InChI is InChI=1S/C29H41N5O2S/c1-20(2)32-27-25-8-6-7-9-26(25)33-28(34-27)30-18-21-10-12-22(13-11-21)19-31-37(35,36)24-16-14-23(15-17-24)29(3,4)5/h6-9,14-17,20-22,31H,10-13,18-19H2,1-5H3,(H2,30,32,33,34). The SMILES string of the molecule is CC(C)Nc1nc(NCC2CCC(CNS(=O)(=O)c3ccc(C(C)(C)C)cc3)CC2)nc2ccccc12. The summed E-state index contributed by atoms with van der Waals surface area (Å²) in [6.45, 7) is 11.9. The Kier molecular flexibility index (Phi) is 8.39. The van der Waals surface area contributed by atoms with Crippen LogP contribution < -0.4 is 15.4 Å². The fraction of sp³-hybridized carbons (Fsp3) is 0.517. The van der Waals surface area contributed by atoms with Crippen LogP contribution in [0.4, 0.5) is 11.8 Å². The lowest BCUT2D eigenvalue weighted by Crippen LogP contribution is -2.32. The van der Waals surface area contributed by atoms with Crippen LogP contribution in [0.25, 0.3) is 10.9 Å². The second-order valence-electron chi connectivity index (χ2n) is 11.6. The first-order valence-corrected chi connectivity index (χ1v) is 14.9. The third kappa shape index (κ3) is 7.20. The Morgan fingerprint density at radius 2 is 1.51 bits per heavy atom. The lowest BCUT2D eigenvalue weighted by atomic mass is 9.82. The van der Waals surface area contributed by atoms with Gasteiger partial charge in [0.15, 0.2) is 0 Å². The van der Waals surface area contributed by atoms with Gasteiger partial charge in [0.2, 0.25) is 16.0 Å². The number of rotatable bonds is 9. The molecule has 0 radical (unpaired) electrons. The lowest BCUT2D eigenvalue weighted by molar-refractivity contribution is 0.284. The third-order valence-electron chi connectivity index (χ3n) is 7.14. The topological polar surface area (TPSA) is 96.0 Å². The molecule has 0 bridgehead atoms. The number of sulfonamides is 1. The van der Waals surface area contributed by atoms with Crippen LogP contribution in [-0.2, 0) is 15.4 Å². The number of anilines is 2. The molecule has 200 valence electrons. The van der Waals surface area contributed by atoms with Crippen LogP contribution in [0.1, 0.15) is 65.9 Å². The van der Waals surface area contributed by atoms with Crippen molar-refractivity contribution in [3.05, 3.63) is 54.1 Å². The van der Waals surface area contributed by atoms with Crippen molar-refractivity contribution < 1.29 is 8.42 Å². The van der Waals surface area contributed by atoms with E-state index >= 15 is 0 Å². The minimum Gasteiger partial charge on any atom is -0.367 e. The van der Waals surface area contributed by atoms with Gasteiger partial charge in [0.25, 0.3) is 0 Å². The van der Waals surface area contributed by atoms with Crippen LogP contribution in [-0.4, -0.2) is 37.5 Å². The summed E-state index contributed by atoms with van der Waals surface area (Å²) in [6.07, 6.45) is 4.14. The van der Waals surface area contributed by atoms with Crippen molar-refractivity contribution in [3.8, 4) is 0 Å². The Morgan fingerprint density at radius 3 is 2.14 bits per heavy atom. The lowest BCUT2D eigenvalue weighted by Gasteiger charge is -2.28. The van der Waals surface area contributed by atoms with Gasteiger partial charge in [-0.3, -0.25) is 0 Å². The molecule has 0 aliphatic heterocycles. The highest BCUT2D eigenvalue weighted by molar-refractivity contribution is 7.89. The van der Waals surface area contributed by atoms with E-state index in [0.29, 0.717) is 29.2 Å². The molecule has 3 aromatic rings. The molecule has 2 aromatic carbocycles. The summed E-state index contributed by atoms with van der Waals surface area (Å²) in [5.41, 5.74) is 2.05. The molecule has 8 heteroatoms. The molecule has 1 aliphatic carbocycles. The number of hydrogen-bond donors (Lipinski definition) is 3. The number of para-hydroxylation sites is 1. The smallest absolute Gasteiger partial charge is 0.240 e. The second-order valence-corrected chi connectivity index (χ2v) is 13.4. The third-order valence-corrected chi connectivity index (χ3v) is 8.58. The van der Waals surface area contributed by atoms with E-state index < -0.39 is 10.0 Å². The summed E-state index contributed by atoms with van der Waals surface area (Å²) >= 11 is 0. The fourth-order valence-electron chi connectivity index (χ4n) is 4.86. The van der Waals surface area contributed by atoms with Crippen LogP contribution in [0.2, 0.25) is 0 Å². The number of benzene rings is 2. The van der Waals surface area contributed by atoms with Gasteiger partial charge in [0.1, 0.15) is 5.82 Å². The molecule has 37 heavy (non-hydrogen) atoms. The van der Waals surface area contributed by atoms with Gasteiger partial charge >= 0.3 is 0 Å². The molecule has 0 atom stereocenters. The molecule has 1 heterocycles. The predicted molar refractivity (Wildman–Crippen MR) is 153 cm³/mol. The molecule has 4 rings (SSSR count). The number of hydrogen-bond acceptors (Lipinski definition) is 6. The average molecular weight is 524 g/mol. The normalized spacial score (nSPS) is 18.8. The Balaban J connectivity index is 1.27. The first-order chi connectivity index (χ1) is 17.5. The van der Waals surface area contributed by atoms with E-state index in [-0.39, 0.29) is 11.5 Å². The maximum Gasteiger partial charge on any atom is 0.240 e. The summed E-state index contributed by atoms with van der Waals surface area (Å²) in [5.74, 6) is 2.38. The number of nitrogens with zero attached hydrogens (tertiary/aromatic N) is 2. The van der Waals surface area contributed by atoms with Crippen LogP contribution in [0, 0.1) is 11.8 Å². The van der Waals surface area contributed by atoms with E-state index in [4.69, 9.17) is 9.97 Å². The Morgan fingerprint density at radius 1 is 0.892 bits per heavy atom. The quantitative estimate of drug-likeness (QED) is 0.321. The van der Waals surface area contributed by atoms with E-state index in [2.05, 4.69) is 50.0 Å². The van der Waals surface area contributed by atoms with Gasteiger partial charge < -0.3 is 10.6 Å². The Hall–Kier alpha value is -2.71. The molecule has 0 unspecified atom stereocenters. The molecule has 7 nitrogen and oxygen atoms in total. The van der Waals surface area contributed by atoms with Crippen molar-refractivity contribution in [1.29, 1.82) is 0 Å². The zero-order chi connectivity index (χ0) is 26.6. The zero-order valence-electron chi connectivity index (χ0n) is 22.7.